The Morgan fingerprint density at radius 3 is 2.61 bits per heavy atom. The molecule has 1 rings (SSSR count). The number of rotatable bonds is 7. The molecule has 1 amide bonds. The lowest BCUT2D eigenvalue weighted by atomic mass is 10.3. The minimum absolute atomic E-state index is 0.0282. The number of likely N-dealkylation sites (N-methyl/N-ethyl adjacent to an activating group) is 2. The standard InChI is InChI=1S/C13H19BrN2O2/c1-3-16(10-13(17)15-2)8-9-18-12-6-4-11(14)5-7-12/h4-7H,3,8-10H2,1-2H3,(H,15,17). The van der Waals surface area contributed by atoms with Gasteiger partial charge in [0.1, 0.15) is 12.4 Å². The van der Waals surface area contributed by atoms with Gasteiger partial charge in [-0.1, -0.05) is 22.9 Å². The molecule has 0 aliphatic carbocycles. The van der Waals surface area contributed by atoms with Crippen LogP contribution in [0.1, 0.15) is 6.92 Å². The van der Waals surface area contributed by atoms with Gasteiger partial charge in [0, 0.05) is 18.1 Å². The SMILES string of the molecule is CCN(CCOc1ccc(Br)cc1)CC(=O)NC. The molecule has 4 nitrogen and oxygen atoms in total. The van der Waals surface area contributed by atoms with Crippen LogP contribution < -0.4 is 10.1 Å². The topological polar surface area (TPSA) is 41.6 Å². The van der Waals surface area contributed by atoms with Crippen molar-refractivity contribution in [3.05, 3.63) is 28.7 Å². The molecule has 0 fully saturated rings. The highest BCUT2D eigenvalue weighted by atomic mass is 79.9. The number of amides is 1. The van der Waals surface area contributed by atoms with Gasteiger partial charge in [0.25, 0.3) is 0 Å². The molecular weight excluding hydrogens is 296 g/mol. The van der Waals surface area contributed by atoms with Crippen LogP contribution in [0.5, 0.6) is 5.75 Å². The maximum atomic E-state index is 11.3. The summed E-state index contributed by atoms with van der Waals surface area (Å²) < 4.78 is 6.65. The third-order valence-corrected chi connectivity index (χ3v) is 3.11. The lowest BCUT2D eigenvalue weighted by Crippen LogP contribution is -2.37. The van der Waals surface area contributed by atoms with Crippen molar-refractivity contribution in [3.63, 3.8) is 0 Å². The highest BCUT2D eigenvalue weighted by molar-refractivity contribution is 9.10. The van der Waals surface area contributed by atoms with E-state index in [4.69, 9.17) is 4.74 Å². The Bertz CT molecular complexity index is 368. The van der Waals surface area contributed by atoms with Gasteiger partial charge in [-0.2, -0.15) is 0 Å². The first-order chi connectivity index (χ1) is 8.65. The Kier molecular flexibility index (Phi) is 6.75. The lowest BCUT2D eigenvalue weighted by molar-refractivity contribution is -0.121. The molecule has 0 aliphatic heterocycles. The molecule has 0 aromatic heterocycles. The van der Waals surface area contributed by atoms with Crippen LogP contribution in [0.25, 0.3) is 0 Å². The molecule has 0 aliphatic rings. The van der Waals surface area contributed by atoms with Crippen LogP contribution in [0, 0.1) is 0 Å². The summed E-state index contributed by atoms with van der Waals surface area (Å²) in [5, 5.41) is 2.62. The van der Waals surface area contributed by atoms with Crippen molar-refractivity contribution < 1.29 is 9.53 Å². The number of hydrogen-bond donors (Lipinski definition) is 1. The molecule has 0 bridgehead atoms. The highest BCUT2D eigenvalue weighted by Gasteiger charge is 2.07. The molecular formula is C13H19BrN2O2. The van der Waals surface area contributed by atoms with E-state index in [-0.39, 0.29) is 5.91 Å². The normalized spacial score (nSPS) is 10.4. The van der Waals surface area contributed by atoms with Gasteiger partial charge in [-0.25, -0.2) is 0 Å². The molecule has 0 saturated heterocycles. The second kappa shape index (κ2) is 8.11. The number of halogens is 1. The first-order valence-corrected chi connectivity index (χ1v) is 6.76. The maximum Gasteiger partial charge on any atom is 0.233 e. The fraction of sp³-hybridized carbons (Fsp3) is 0.462. The predicted molar refractivity (Wildman–Crippen MR) is 75.8 cm³/mol. The van der Waals surface area contributed by atoms with Crippen LogP contribution in [0.3, 0.4) is 0 Å². The number of carbonyl (C=O) groups is 1. The molecule has 5 heteroatoms. The quantitative estimate of drug-likeness (QED) is 0.835. The largest absolute Gasteiger partial charge is 0.492 e. The van der Waals surface area contributed by atoms with E-state index in [0.29, 0.717) is 13.2 Å². The fourth-order valence-corrected chi connectivity index (χ4v) is 1.72. The van der Waals surface area contributed by atoms with E-state index in [1.54, 1.807) is 7.05 Å². The van der Waals surface area contributed by atoms with E-state index in [1.807, 2.05) is 36.1 Å². The molecule has 0 radical (unpaired) electrons. The second-order valence-electron chi connectivity index (χ2n) is 3.84. The van der Waals surface area contributed by atoms with Crippen LogP contribution in [0.2, 0.25) is 0 Å². The molecule has 1 aromatic carbocycles. The van der Waals surface area contributed by atoms with Gasteiger partial charge >= 0.3 is 0 Å². The van der Waals surface area contributed by atoms with Gasteiger partial charge < -0.3 is 10.1 Å². The number of benzene rings is 1. The number of hydrogen-bond acceptors (Lipinski definition) is 3. The van der Waals surface area contributed by atoms with Gasteiger partial charge in [-0.3, -0.25) is 9.69 Å². The van der Waals surface area contributed by atoms with E-state index in [0.717, 1.165) is 23.3 Å². The van der Waals surface area contributed by atoms with E-state index < -0.39 is 0 Å². The van der Waals surface area contributed by atoms with Crippen molar-refractivity contribution in [2.24, 2.45) is 0 Å². The predicted octanol–water partition coefficient (Wildman–Crippen LogP) is 1.90. The van der Waals surface area contributed by atoms with E-state index in [1.165, 1.54) is 0 Å². The zero-order valence-electron chi connectivity index (χ0n) is 10.8. The average Bonchev–Trinajstić information content (AvgIpc) is 2.39. The number of nitrogens with zero attached hydrogens (tertiary/aromatic N) is 1. The smallest absolute Gasteiger partial charge is 0.233 e. The summed E-state index contributed by atoms with van der Waals surface area (Å²) >= 11 is 3.37. The van der Waals surface area contributed by atoms with Crippen LogP contribution >= 0.6 is 15.9 Å². The molecule has 0 spiro atoms. The monoisotopic (exact) mass is 314 g/mol. The molecule has 0 unspecified atom stereocenters. The Balaban J connectivity index is 2.30. The first kappa shape index (κ1) is 15.0. The van der Waals surface area contributed by atoms with Gasteiger partial charge in [-0.05, 0) is 30.8 Å². The summed E-state index contributed by atoms with van der Waals surface area (Å²) in [6.45, 7) is 4.59. The van der Waals surface area contributed by atoms with E-state index in [9.17, 15) is 4.79 Å². The Labute approximate surface area is 116 Å². The van der Waals surface area contributed by atoms with Crippen molar-refractivity contribution in [2.75, 3.05) is 33.3 Å². The Morgan fingerprint density at radius 2 is 2.06 bits per heavy atom. The van der Waals surface area contributed by atoms with Crippen molar-refractivity contribution in [2.45, 2.75) is 6.92 Å². The molecule has 100 valence electrons. The lowest BCUT2D eigenvalue weighted by Gasteiger charge is -2.19. The molecule has 1 aromatic rings. The number of carbonyl (C=O) groups excluding carboxylic acids is 1. The summed E-state index contributed by atoms with van der Waals surface area (Å²) in [5.41, 5.74) is 0. The van der Waals surface area contributed by atoms with Crippen molar-refractivity contribution >= 4 is 21.8 Å². The van der Waals surface area contributed by atoms with Crippen molar-refractivity contribution in [1.29, 1.82) is 0 Å². The third-order valence-electron chi connectivity index (χ3n) is 2.58. The van der Waals surface area contributed by atoms with Crippen LogP contribution in [0.4, 0.5) is 0 Å². The van der Waals surface area contributed by atoms with Crippen molar-refractivity contribution in [1.82, 2.24) is 10.2 Å². The minimum atomic E-state index is 0.0282. The van der Waals surface area contributed by atoms with Crippen LogP contribution in [-0.2, 0) is 4.79 Å². The Morgan fingerprint density at radius 1 is 1.39 bits per heavy atom. The van der Waals surface area contributed by atoms with Gasteiger partial charge in [-0.15, -0.1) is 0 Å². The average molecular weight is 315 g/mol. The summed E-state index contributed by atoms with van der Waals surface area (Å²) in [4.78, 5) is 13.3. The molecule has 1 N–H and O–H groups in total. The van der Waals surface area contributed by atoms with E-state index in [2.05, 4.69) is 21.2 Å². The second-order valence-corrected chi connectivity index (χ2v) is 4.76. The molecule has 0 saturated carbocycles. The maximum absolute atomic E-state index is 11.3. The van der Waals surface area contributed by atoms with Crippen molar-refractivity contribution in [3.8, 4) is 5.75 Å². The summed E-state index contributed by atoms with van der Waals surface area (Å²) in [6.07, 6.45) is 0. The minimum Gasteiger partial charge on any atom is -0.492 e. The summed E-state index contributed by atoms with van der Waals surface area (Å²) in [6, 6.07) is 7.72. The third kappa shape index (κ3) is 5.51. The summed E-state index contributed by atoms with van der Waals surface area (Å²) in [5.74, 6) is 0.870. The zero-order chi connectivity index (χ0) is 13.4. The first-order valence-electron chi connectivity index (χ1n) is 5.97. The molecule has 0 heterocycles. The number of ether oxygens (including phenoxy) is 1. The fourth-order valence-electron chi connectivity index (χ4n) is 1.45. The van der Waals surface area contributed by atoms with Gasteiger partial charge in [0.15, 0.2) is 0 Å². The molecule has 0 atom stereocenters. The zero-order valence-corrected chi connectivity index (χ0v) is 12.4. The van der Waals surface area contributed by atoms with Gasteiger partial charge in [0.05, 0.1) is 6.54 Å². The van der Waals surface area contributed by atoms with Crippen LogP contribution in [0.15, 0.2) is 28.7 Å². The van der Waals surface area contributed by atoms with Crippen LogP contribution in [-0.4, -0.2) is 44.1 Å². The Hall–Kier alpha value is -1.07. The van der Waals surface area contributed by atoms with E-state index >= 15 is 0 Å². The number of nitrogens with one attached hydrogen (secondary N) is 1. The van der Waals surface area contributed by atoms with Gasteiger partial charge in [0.2, 0.25) is 5.91 Å². The summed E-state index contributed by atoms with van der Waals surface area (Å²) in [7, 11) is 1.65. The highest BCUT2D eigenvalue weighted by Crippen LogP contribution is 2.15. The molecule has 18 heavy (non-hydrogen) atoms.